The lowest BCUT2D eigenvalue weighted by atomic mass is 10.1. The van der Waals surface area contributed by atoms with Gasteiger partial charge in [0, 0.05) is 11.8 Å². The molecule has 1 N–H and O–H groups in total. The number of nitrogens with zero attached hydrogens (tertiary/aromatic N) is 1. The highest BCUT2D eigenvalue weighted by molar-refractivity contribution is 7.98. The standard InChI is InChI=1S/C19H20N2O5S/c1-4-13-7-5-6-12(2)18(13)20-17(22)11-26-19(23)14-8-9-16(27-3)15(10-14)21(24)25/h5-10H,4,11H2,1-3H3,(H,20,22). The molecular weight excluding hydrogens is 368 g/mol. The number of ether oxygens (including phenoxy) is 1. The van der Waals surface area contributed by atoms with E-state index in [1.54, 1.807) is 6.26 Å². The van der Waals surface area contributed by atoms with Gasteiger partial charge in [-0.1, -0.05) is 25.1 Å². The molecule has 0 aliphatic heterocycles. The molecule has 0 fully saturated rings. The first kappa shape index (κ1) is 20.4. The third-order valence-electron chi connectivity index (χ3n) is 3.95. The van der Waals surface area contributed by atoms with E-state index >= 15 is 0 Å². The van der Waals surface area contributed by atoms with Gasteiger partial charge in [0.05, 0.1) is 15.4 Å². The van der Waals surface area contributed by atoms with E-state index in [-0.39, 0.29) is 11.3 Å². The number of esters is 1. The molecule has 0 saturated carbocycles. The van der Waals surface area contributed by atoms with Crippen molar-refractivity contribution in [2.75, 3.05) is 18.2 Å². The van der Waals surface area contributed by atoms with Gasteiger partial charge in [0.1, 0.15) is 0 Å². The normalized spacial score (nSPS) is 10.3. The number of hydrogen-bond acceptors (Lipinski definition) is 6. The summed E-state index contributed by atoms with van der Waals surface area (Å²) in [5.74, 6) is -1.26. The van der Waals surface area contributed by atoms with Gasteiger partial charge in [-0.05, 0) is 42.9 Å². The summed E-state index contributed by atoms with van der Waals surface area (Å²) in [4.78, 5) is 35.3. The third kappa shape index (κ3) is 5.07. The zero-order chi connectivity index (χ0) is 20.0. The molecule has 0 aromatic heterocycles. The van der Waals surface area contributed by atoms with Crippen molar-refractivity contribution in [3.8, 4) is 0 Å². The van der Waals surface area contributed by atoms with Gasteiger partial charge in [-0.25, -0.2) is 4.79 Å². The maximum absolute atomic E-state index is 12.1. The fourth-order valence-corrected chi connectivity index (χ4v) is 3.10. The molecule has 0 unspecified atom stereocenters. The Balaban J connectivity index is 2.05. The van der Waals surface area contributed by atoms with Crippen molar-refractivity contribution in [3.05, 3.63) is 63.2 Å². The van der Waals surface area contributed by atoms with E-state index in [1.807, 2.05) is 32.0 Å². The van der Waals surface area contributed by atoms with Crippen LogP contribution in [0.1, 0.15) is 28.4 Å². The number of rotatable bonds is 7. The number of nitrogens with one attached hydrogen (secondary N) is 1. The van der Waals surface area contributed by atoms with E-state index in [1.165, 1.54) is 23.9 Å². The number of amides is 1. The number of nitro benzene ring substituents is 1. The summed E-state index contributed by atoms with van der Waals surface area (Å²) in [6.45, 7) is 3.39. The average molecular weight is 388 g/mol. The molecule has 0 bridgehead atoms. The molecule has 142 valence electrons. The van der Waals surface area contributed by atoms with E-state index in [0.29, 0.717) is 10.6 Å². The van der Waals surface area contributed by atoms with Crippen LogP contribution in [-0.4, -0.2) is 29.7 Å². The Labute approximate surface area is 161 Å². The lowest BCUT2D eigenvalue weighted by molar-refractivity contribution is -0.387. The highest BCUT2D eigenvalue weighted by atomic mass is 32.2. The molecule has 0 saturated heterocycles. The second kappa shape index (κ2) is 9.18. The molecule has 0 atom stereocenters. The monoisotopic (exact) mass is 388 g/mol. The molecule has 0 aliphatic carbocycles. The Bertz CT molecular complexity index is 882. The summed E-state index contributed by atoms with van der Waals surface area (Å²) in [7, 11) is 0. The maximum Gasteiger partial charge on any atom is 0.338 e. The van der Waals surface area contributed by atoms with Crippen LogP contribution in [0.3, 0.4) is 0 Å². The number of carbonyl (C=O) groups excluding carboxylic acids is 2. The minimum Gasteiger partial charge on any atom is -0.452 e. The molecule has 0 aliphatic rings. The fraction of sp³-hybridized carbons (Fsp3) is 0.263. The number of nitro groups is 1. The summed E-state index contributed by atoms with van der Waals surface area (Å²) in [5, 5.41) is 13.8. The van der Waals surface area contributed by atoms with Gasteiger partial charge in [0.25, 0.3) is 11.6 Å². The number of aryl methyl sites for hydroxylation is 2. The van der Waals surface area contributed by atoms with Crippen molar-refractivity contribution >= 4 is 35.0 Å². The Hall–Kier alpha value is -2.87. The number of para-hydroxylation sites is 1. The summed E-state index contributed by atoms with van der Waals surface area (Å²) in [6.07, 6.45) is 2.46. The number of hydrogen-bond donors (Lipinski definition) is 1. The van der Waals surface area contributed by atoms with E-state index in [4.69, 9.17) is 4.74 Å². The molecule has 0 spiro atoms. The Morgan fingerprint density at radius 2 is 2.00 bits per heavy atom. The molecule has 2 aromatic carbocycles. The van der Waals surface area contributed by atoms with Crippen LogP contribution in [-0.2, 0) is 16.0 Å². The van der Waals surface area contributed by atoms with Crippen LogP contribution >= 0.6 is 11.8 Å². The minimum absolute atomic E-state index is 0.0254. The number of benzene rings is 2. The molecule has 8 heteroatoms. The molecule has 0 heterocycles. The molecule has 27 heavy (non-hydrogen) atoms. The van der Waals surface area contributed by atoms with Crippen molar-refractivity contribution in [3.63, 3.8) is 0 Å². The van der Waals surface area contributed by atoms with Crippen LogP contribution in [0.4, 0.5) is 11.4 Å². The van der Waals surface area contributed by atoms with E-state index in [9.17, 15) is 19.7 Å². The molecule has 1 amide bonds. The van der Waals surface area contributed by atoms with Gasteiger partial charge in [-0.15, -0.1) is 11.8 Å². The second-order valence-corrected chi connectivity index (χ2v) is 6.58. The highest BCUT2D eigenvalue weighted by Crippen LogP contribution is 2.28. The smallest absolute Gasteiger partial charge is 0.338 e. The van der Waals surface area contributed by atoms with Crippen LogP contribution < -0.4 is 5.32 Å². The van der Waals surface area contributed by atoms with Gasteiger partial charge in [0.2, 0.25) is 0 Å². The van der Waals surface area contributed by atoms with Crippen LogP contribution in [0.5, 0.6) is 0 Å². The number of thioether (sulfide) groups is 1. The summed E-state index contributed by atoms with van der Waals surface area (Å²) >= 11 is 1.21. The zero-order valence-corrected chi connectivity index (χ0v) is 16.1. The van der Waals surface area contributed by atoms with Crippen molar-refractivity contribution in [1.29, 1.82) is 0 Å². The van der Waals surface area contributed by atoms with Crippen molar-refractivity contribution < 1.29 is 19.2 Å². The Kier molecular flexibility index (Phi) is 6.95. The van der Waals surface area contributed by atoms with Gasteiger partial charge in [-0.2, -0.15) is 0 Å². The lowest BCUT2D eigenvalue weighted by Gasteiger charge is -2.13. The maximum atomic E-state index is 12.1. The minimum atomic E-state index is -0.790. The van der Waals surface area contributed by atoms with Crippen LogP contribution in [0.25, 0.3) is 0 Å². The van der Waals surface area contributed by atoms with Crippen LogP contribution in [0.2, 0.25) is 0 Å². The molecule has 2 rings (SSSR count). The van der Waals surface area contributed by atoms with Gasteiger partial charge < -0.3 is 10.1 Å². The fourth-order valence-electron chi connectivity index (χ4n) is 2.55. The quantitative estimate of drug-likeness (QED) is 0.333. The molecular formula is C19H20N2O5S. The van der Waals surface area contributed by atoms with Gasteiger partial charge >= 0.3 is 5.97 Å². The predicted octanol–water partition coefficient (Wildman–Crippen LogP) is 3.98. The molecule has 2 aromatic rings. The molecule has 0 radical (unpaired) electrons. The SMILES string of the molecule is CCc1cccc(C)c1NC(=O)COC(=O)c1ccc(SC)c([N+](=O)[O-])c1. The van der Waals surface area contributed by atoms with Crippen LogP contribution in [0, 0.1) is 17.0 Å². The second-order valence-electron chi connectivity index (χ2n) is 5.73. The van der Waals surface area contributed by atoms with Crippen LogP contribution in [0.15, 0.2) is 41.3 Å². The largest absolute Gasteiger partial charge is 0.452 e. The highest BCUT2D eigenvalue weighted by Gasteiger charge is 2.19. The van der Waals surface area contributed by atoms with Gasteiger partial charge in [-0.3, -0.25) is 14.9 Å². The van der Waals surface area contributed by atoms with Crippen molar-refractivity contribution in [2.24, 2.45) is 0 Å². The number of carbonyl (C=O) groups is 2. The zero-order valence-electron chi connectivity index (χ0n) is 15.3. The summed E-state index contributed by atoms with van der Waals surface area (Å²) in [6, 6.07) is 9.79. The third-order valence-corrected chi connectivity index (χ3v) is 4.74. The summed E-state index contributed by atoms with van der Waals surface area (Å²) < 4.78 is 5.00. The first-order chi connectivity index (χ1) is 12.9. The first-order valence-corrected chi connectivity index (χ1v) is 9.47. The number of anilines is 1. The van der Waals surface area contributed by atoms with E-state index in [2.05, 4.69) is 5.32 Å². The van der Waals surface area contributed by atoms with E-state index in [0.717, 1.165) is 23.6 Å². The predicted molar refractivity (Wildman–Crippen MR) is 104 cm³/mol. The first-order valence-electron chi connectivity index (χ1n) is 8.25. The van der Waals surface area contributed by atoms with Crippen molar-refractivity contribution in [2.45, 2.75) is 25.2 Å². The van der Waals surface area contributed by atoms with Crippen molar-refractivity contribution in [1.82, 2.24) is 0 Å². The van der Waals surface area contributed by atoms with E-state index < -0.39 is 23.4 Å². The Morgan fingerprint density at radius 3 is 2.63 bits per heavy atom. The lowest BCUT2D eigenvalue weighted by Crippen LogP contribution is -2.22. The van der Waals surface area contributed by atoms with Gasteiger partial charge in [0.15, 0.2) is 6.61 Å². The average Bonchev–Trinajstić information content (AvgIpc) is 2.67. The molecule has 7 nitrogen and oxygen atoms in total. The Morgan fingerprint density at radius 1 is 1.26 bits per heavy atom. The topological polar surface area (TPSA) is 98.5 Å². The summed E-state index contributed by atoms with van der Waals surface area (Å²) in [5.41, 5.74) is 2.46.